The molecule has 0 radical (unpaired) electrons. The predicted molar refractivity (Wildman–Crippen MR) is 119 cm³/mol. The van der Waals surface area contributed by atoms with Crippen LogP contribution in [0.1, 0.15) is 41.9 Å². The van der Waals surface area contributed by atoms with Gasteiger partial charge in [-0.05, 0) is 31.0 Å². The minimum atomic E-state index is -0.649. The quantitative estimate of drug-likeness (QED) is 0.237. The number of nitrogens with zero attached hydrogens (tertiary/aromatic N) is 2. The van der Waals surface area contributed by atoms with Crippen molar-refractivity contribution in [2.75, 3.05) is 23.8 Å². The minimum absolute atomic E-state index is 0.108. The Morgan fingerprint density at radius 2 is 1.91 bits per heavy atom. The number of nitrogens with one attached hydrogen (secondary N) is 2. The van der Waals surface area contributed by atoms with Gasteiger partial charge in [-0.15, -0.1) is 11.3 Å². The number of rotatable bonds is 10. The fourth-order valence-corrected chi connectivity index (χ4v) is 3.40. The molecule has 0 aliphatic rings. The molecular weight excluding hydrogens is 440 g/mol. The first-order valence-corrected chi connectivity index (χ1v) is 10.3. The molecule has 2 amide bonds. The van der Waals surface area contributed by atoms with Crippen molar-refractivity contribution in [3.63, 3.8) is 0 Å². The van der Waals surface area contributed by atoms with Gasteiger partial charge in [-0.25, -0.2) is 4.79 Å². The number of non-ortho nitro benzene ring substituents is 1. The molecule has 0 saturated carbocycles. The maximum Gasteiger partial charge on any atom is 0.341 e. The average Bonchev–Trinajstić information content (AvgIpc) is 3.16. The molecule has 1 aromatic carbocycles. The highest BCUT2D eigenvalue weighted by Crippen LogP contribution is 2.33. The summed E-state index contributed by atoms with van der Waals surface area (Å²) in [5, 5.41) is 19.4. The van der Waals surface area contributed by atoms with Crippen molar-refractivity contribution in [2.45, 2.75) is 26.7 Å². The molecule has 0 fully saturated rings. The summed E-state index contributed by atoms with van der Waals surface area (Å²) in [5.41, 5.74) is 0.484. The van der Waals surface area contributed by atoms with Crippen LogP contribution in [0.15, 0.2) is 35.5 Å². The van der Waals surface area contributed by atoms with E-state index in [1.54, 1.807) is 13.0 Å². The topological polar surface area (TPSA) is 149 Å². The molecule has 0 aliphatic heterocycles. The van der Waals surface area contributed by atoms with Gasteiger partial charge in [0.1, 0.15) is 11.2 Å². The molecule has 2 rings (SSSR count). The Balaban J connectivity index is 1.87. The number of benzene rings is 1. The summed E-state index contributed by atoms with van der Waals surface area (Å²) in [7, 11) is 0. The van der Waals surface area contributed by atoms with Crippen LogP contribution in [-0.4, -0.2) is 42.1 Å². The van der Waals surface area contributed by atoms with Crippen LogP contribution in [0, 0.1) is 10.1 Å². The first kappa shape index (κ1) is 24.5. The number of thiophene rings is 1. The van der Waals surface area contributed by atoms with Crippen LogP contribution >= 0.6 is 11.3 Å². The van der Waals surface area contributed by atoms with Crippen molar-refractivity contribution in [2.24, 2.45) is 5.16 Å². The number of ether oxygens (including phenoxy) is 1. The van der Waals surface area contributed by atoms with E-state index in [9.17, 15) is 24.5 Å². The van der Waals surface area contributed by atoms with Crippen LogP contribution in [0.25, 0.3) is 0 Å². The predicted octanol–water partition coefficient (Wildman–Crippen LogP) is 3.54. The number of oxime groups is 1. The van der Waals surface area contributed by atoms with Gasteiger partial charge in [0.05, 0.1) is 17.1 Å². The second-order valence-electron chi connectivity index (χ2n) is 6.62. The second kappa shape index (κ2) is 11.6. The molecule has 0 spiro atoms. The highest BCUT2D eigenvalue weighted by Gasteiger charge is 2.20. The normalized spacial score (nSPS) is 10.8. The first-order valence-electron chi connectivity index (χ1n) is 9.52. The number of anilines is 2. The molecule has 2 N–H and O–H groups in total. The van der Waals surface area contributed by atoms with Gasteiger partial charge in [-0.3, -0.25) is 19.7 Å². The zero-order valence-corrected chi connectivity index (χ0v) is 18.4. The molecule has 2 aromatic rings. The van der Waals surface area contributed by atoms with Crippen molar-refractivity contribution in [1.82, 2.24) is 0 Å². The number of carbonyl (C=O) groups is 3. The summed E-state index contributed by atoms with van der Waals surface area (Å²) in [6.45, 7) is 5.34. The van der Waals surface area contributed by atoms with E-state index in [2.05, 4.69) is 15.8 Å². The largest absolute Gasteiger partial charge is 0.462 e. The van der Waals surface area contributed by atoms with Crippen molar-refractivity contribution in [1.29, 1.82) is 0 Å². The summed E-state index contributed by atoms with van der Waals surface area (Å²) >= 11 is 1.27. The Morgan fingerprint density at radius 3 is 2.50 bits per heavy atom. The lowest BCUT2D eigenvalue weighted by molar-refractivity contribution is -0.384. The molecule has 32 heavy (non-hydrogen) atoms. The maximum atomic E-state index is 12.1. The van der Waals surface area contributed by atoms with E-state index in [1.807, 2.05) is 13.8 Å². The minimum Gasteiger partial charge on any atom is -0.462 e. The second-order valence-corrected chi connectivity index (χ2v) is 7.70. The summed E-state index contributed by atoms with van der Waals surface area (Å²) < 4.78 is 5.02. The standard InChI is InChI=1S/C20H22N4O7S/c1-4-30-20(27)15-9-16(12(2)3)32-19(15)23-18(26)11-31-21-10-17(25)22-13-5-7-14(8-6-13)24(28)29/h5-10,12H,4,11H2,1-3H3,(H,22,25)(H,23,26)/b21-10+. The Morgan fingerprint density at radius 1 is 1.22 bits per heavy atom. The molecule has 1 heterocycles. The van der Waals surface area contributed by atoms with E-state index in [1.165, 1.54) is 35.6 Å². The molecule has 1 aromatic heterocycles. The molecule has 11 nitrogen and oxygen atoms in total. The van der Waals surface area contributed by atoms with E-state index >= 15 is 0 Å². The van der Waals surface area contributed by atoms with Gasteiger partial charge in [0.15, 0.2) is 6.61 Å². The Bertz CT molecular complexity index is 1020. The van der Waals surface area contributed by atoms with Gasteiger partial charge in [0.25, 0.3) is 17.5 Å². The van der Waals surface area contributed by atoms with Gasteiger partial charge < -0.3 is 20.2 Å². The molecule has 0 saturated heterocycles. The lowest BCUT2D eigenvalue weighted by Gasteiger charge is -2.05. The SMILES string of the molecule is CCOC(=O)c1cc(C(C)C)sc1NC(=O)CO/N=C/C(=O)Nc1ccc([N+](=O)[O-])cc1. The molecule has 170 valence electrons. The average molecular weight is 462 g/mol. The monoisotopic (exact) mass is 462 g/mol. The number of nitro groups is 1. The van der Waals surface area contributed by atoms with Crippen LogP contribution in [0.2, 0.25) is 0 Å². The van der Waals surface area contributed by atoms with E-state index in [4.69, 9.17) is 9.57 Å². The smallest absolute Gasteiger partial charge is 0.341 e. The summed E-state index contributed by atoms with van der Waals surface area (Å²) in [6.07, 6.45) is 0.820. The van der Waals surface area contributed by atoms with E-state index in [-0.39, 0.29) is 23.8 Å². The Labute approximate surface area is 187 Å². The number of hydrogen-bond acceptors (Lipinski definition) is 9. The fourth-order valence-electron chi connectivity index (χ4n) is 2.33. The van der Waals surface area contributed by atoms with E-state index < -0.39 is 29.3 Å². The lowest BCUT2D eigenvalue weighted by Crippen LogP contribution is -2.19. The molecular formula is C20H22N4O7S. The van der Waals surface area contributed by atoms with E-state index in [0.717, 1.165) is 11.1 Å². The maximum absolute atomic E-state index is 12.1. The number of hydrogen-bond donors (Lipinski definition) is 2. The van der Waals surface area contributed by atoms with Crippen molar-refractivity contribution in [3.05, 3.63) is 50.9 Å². The molecule has 12 heteroatoms. The third-order valence-corrected chi connectivity index (χ3v) is 5.21. The highest BCUT2D eigenvalue weighted by molar-refractivity contribution is 7.16. The lowest BCUT2D eigenvalue weighted by atomic mass is 10.1. The number of amides is 2. The van der Waals surface area contributed by atoms with Crippen LogP contribution in [0.5, 0.6) is 0 Å². The van der Waals surface area contributed by atoms with Gasteiger partial charge in [-0.1, -0.05) is 19.0 Å². The van der Waals surface area contributed by atoms with Crippen molar-refractivity contribution >= 4 is 51.7 Å². The third kappa shape index (κ3) is 7.16. The zero-order valence-electron chi connectivity index (χ0n) is 17.6. The number of carbonyl (C=O) groups excluding carboxylic acids is 3. The molecule has 0 bridgehead atoms. The first-order chi connectivity index (χ1) is 15.2. The third-order valence-electron chi connectivity index (χ3n) is 3.85. The summed E-state index contributed by atoms with van der Waals surface area (Å²) in [6, 6.07) is 6.91. The van der Waals surface area contributed by atoms with Crippen molar-refractivity contribution < 1.29 is 28.9 Å². The van der Waals surface area contributed by atoms with Crippen LogP contribution < -0.4 is 10.6 Å². The van der Waals surface area contributed by atoms with Crippen LogP contribution in [-0.2, 0) is 19.2 Å². The zero-order chi connectivity index (χ0) is 23.7. The van der Waals surface area contributed by atoms with Gasteiger partial charge in [0, 0.05) is 22.7 Å². The van der Waals surface area contributed by atoms with Crippen LogP contribution in [0.4, 0.5) is 16.4 Å². The number of esters is 1. The molecule has 0 aliphatic carbocycles. The summed E-state index contributed by atoms with van der Waals surface area (Å²) in [4.78, 5) is 51.8. The Hall–Kier alpha value is -3.80. The number of nitro benzene ring substituents is 1. The van der Waals surface area contributed by atoms with Crippen LogP contribution in [0.3, 0.4) is 0 Å². The highest BCUT2D eigenvalue weighted by atomic mass is 32.1. The summed E-state index contributed by atoms with van der Waals surface area (Å²) in [5.74, 6) is -1.59. The van der Waals surface area contributed by atoms with Gasteiger partial charge in [0.2, 0.25) is 0 Å². The Kier molecular flexibility index (Phi) is 8.83. The van der Waals surface area contributed by atoms with Gasteiger partial charge in [-0.2, -0.15) is 0 Å². The van der Waals surface area contributed by atoms with Crippen molar-refractivity contribution in [3.8, 4) is 0 Å². The fraction of sp³-hybridized carbons (Fsp3) is 0.300. The van der Waals surface area contributed by atoms with E-state index in [0.29, 0.717) is 10.7 Å². The van der Waals surface area contributed by atoms with Gasteiger partial charge >= 0.3 is 5.97 Å². The molecule has 0 atom stereocenters. The molecule has 0 unspecified atom stereocenters.